The van der Waals surface area contributed by atoms with E-state index in [9.17, 15) is 18.0 Å². The third-order valence-corrected chi connectivity index (χ3v) is 4.03. The van der Waals surface area contributed by atoms with Gasteiger partial charge in [0.2, 0.25) is 0 Å². The molecular weight excluding hydrogens is 283 g/mol. The van der Waals surface area contributed by atoms with Crippen LogP contribution in [-0.2, 0) is 6.54 Å². The second kappa shape index (κ2) is 6.05. The van der Waals surface area contributed by atoms with Crippen molar-refractivity contribution in [3.8, 4) is 0 Å². The van der Waals surface area contributed by atoms with E-state index >= 15 is 0 Å². The van der Waals surface area contributed by atoms with Gasteiger partial charge in [0.05, 0.1) is 11.5 Å². The Balaban J connectivity index is 1.96. The normalized spacial score (nSPS) is 17.9. The summed E-state index contributed by atoms with van der Waals surface area (Å²) < 4.78 is 37.8. The molecule has 0 radical (unpaired) electrons. The summed E-state index contributed by atoms with van der Waals surface area (Å²) in [6.07, 6.45) is -3.82. The number of rotatable bonds is 3. The number of aromatic carboxylic acids is 1. The highest BCUT2D eigenvalue weighted by atomic mass is 19.4. The Morgan fingerprint density at radius 1 is 1.33 bits per heavy atom. The molecular formula is C15H18F3NO2. The van der Waals surface area contributed by atoms with E-state index in [1.807, 2.05) is 11.8 Å². The van der Waals surface area contributed by atoms with Gasteiger partial charge >= 0.3 is 12.1 Å². The summed E-state index contributed by atoms with van der Waals surface area (Å²) in [5.74, 6) is -2.17. The maximum Gasteiger partial charge on any atom is 0.391 e. The van der Waals surface area contributed by atoms with Gasteiger partial charge < -0.3 is 5.11 Å². The molecule has 1 aliphatic heterocycles. The highest BCUT2D eigenvalue weighted by Crippen LogP contribution is 2.34. The Bertz CT molecular complexity index is 520. The zero-order valence-corrected chi connectivity index (χ0v) is 11.8. The minimum absolute atomic E-state index is 0.135. The van der Waals surface area contributed by atoms with Crippen molar-refractivity contribution in [3.05, 3.63) is 34.9 Å². The fourth-order valence-electron chi connectivity index (χ4n) is 2.67. The summed E-state index contributed by atoms with van der Waals surface area (Å²) in [4.78, 5) is 12.9. The van der Waals surface area contributed by atoms with Crippen molar-refractivity contribution >= 4 is 5.97 Å². The average molecular weight is 301 g/mol. The average Bonchev–Trinajstić information content (AvgIpc) is 2.40. The van der Waals surface area contributed by atoms with Crippen LogP contribution >= 0.6 is 0 Å². The molecule has 0 amide bonds. The second-order valence-corrected chi connectivity index (χ2v) is 5.54. The Hall–Kier alpha value is -1.56. The van der Waals surface area contributed by atoms with E-state index in [2.05, 4.69) is 0 Å². The summed E-state index contributed by atoms with van der Waals surface area (Å²) in [5.41, 5.74) is 2.05. The van der Waals surface area contributed by atoms with Crippen LogP contribution in [0.15, 0.2) is 18.2 Å². The van der Waals surface area contributed by atoms with E-state index < -0.39 is 18.1 Å². The highest BCUT2D eigenvalue weighted by Gasteiger charge is 2.40. The minimum atomic E-state index is -4.09. The molecule has 6 heteroatoms. The number of hydrogen-bond donors (Lipinski definition) is 1. The fraction of sp³-hybridized carbons (Fsp3) is 0.533. The Morgan fingerprint density at radius 2 is 1.95 bits per heavy atom. The van der Waals surface area contributed by atoms with Gasteiger partial charge in [-0.15, -0.1) is 0 Å². The maximum absolute atomic E-state index is 12.6. The number of likely N-dealkylation sites (tertiary alicyclic amines) is 1. The number of carboxylic acids is 1. The van der Waals surface area contributed by atoms with Crippen LogP contribution in [-0.4, -0.2) is 35.2 Å². The quantitative estimate of drug-likeness (QED) is 0.929. The van der Waals surface area contributed by atoms with E-state index in [0.29, 0.717) is 19.6 Å². The number of nitrogens with zero attached hydrogens (tertiary/aromatic N) is 1. The molecule has 0 aliphatic carbocycles. The maximum atomic E-state index is 12.6. The molecule has 1 aromatic rings. The first-order chi connectivity index (χ1) is 9.77. The molecule has 116 valence electrons. The van der Waals surface area contributed by atoms with Crippen molar-refractivity contribution in [3.63, 3.8) is 0 Å². The van der Waals surface area contributed by atoms with Gasteiger partial charge in [0.25, 0.3) is 0 Å². The van der Waals surface area contributed by atoms with Crippen molar-refractivity contribution < 1.29 is 23.1 Å². The van der Waals surface area contributed by atoms with E-state index in [4.69, 9.17) is 5.11 Å². The molecule has 0 unspecified atom stereocenters. The number of piperidine rings is 1. The smallest absolute Gasteiger partial charge is 0.391 e. The van der Waals surface area contributed by atoms with Gasteiger partial charge in [0.15, 0.2) is 0 Å². The number of hydrogen-bond acceptors (Lipinski definition) is 2. The molecule has 1 N–H and O–H groups in total. The first kappa shape index (κ1) is 15.8. The lowest BCUT2D eigenvalue weighted by Gasteiger charge is -2.33. The van der Waals surface area contributed by atoms with E-state index in [1.165, 1.54) is 6.07 Å². The Kier molecular flexibility index (Phi) is 4.56. The van der Waals surface area contributed by atoms with Crippen molar-refractivity contribution in [2.45, 2.75) is 32.5 Å². The molecule has 0 saturated carbocycles. The summed E-state index contributed by atoms with van der Waals surface area (Å²) in [6, 6.07) is 4.88. The molecule has 1 aromatic carbocycles. The zero-order valence-electron chi connectivity index (χ0n) is 11.8. The second-order valence-electron chi connectivity index (χ2n) is 5.54. The molecule has 1 heterocycles. The first-order valence-electron chi connectivity index (χ1n) is 6.89. The van der Waals surface area contributed by atoms with Crippen molar-refractivity contribution in [2.75, 3.05) is 13.1 Å². The molecule has 3 nitrogen and oxygen atoms in total. The van der Waals surface area contributed by atoms with Gasteiger partial charge in [-0.2, -0.15) is 13.2 Å². The van der Waals surface area contributed by atoms with Gasteiger partial charge in [-0.25, -0.2) is 4.79 Å². The third kappa shape index (κ3) is 3.97. The van der Waals surface area contributed by atoms with Crippen LogP contribution in [0.5, 0.6) is 0 Å². The molecule has 1 fully saturated rings. The lowest BCUT2D eigenvalue weighted by molar-refractivity contribution is -0.185. The van der Waals surface area contributed by atoms with Gasteiger partial charge in [-0.3, -0.25) is 4.90 Å². The first-order valence-corrected chi connectivity index (χ1v) is 6.89. The number of aryl methyl sites for hydroxylation is 1. The topological polar surface area (TPSA) is 40.5 Å². The summed E-state index contributed by atoms with van der Waals surface area (Å²) in [7, 11) is 0. The summed E-state index contributed by atoms with van der Waals surface area (Å²) >= 11 is 0. The molecule has 21 heavy (non-hydrogen) atoms. The predicted molar refractivity (Wildman–Crippen MR) is 72.2 cm³/mol. The summed E-state index contributed by atoms with van der Waals surface area (Å²) in [6.45, 7) is 3.23. The van der Waals surface area contributed by atoms with E-state index in [-0.39, 0.29) is 18.4 Å². The monoisotopic (exact) mass is 301 g/mol. The molecule has 0 bridgehead atoms. The number of carboxylic acid groups (broad SMARTS) is 1. The zero-order chi connectivity index (χ0) is 15.6. The number of halogens is 3. The van der Waals surface area contributed by atoms with Gasteiger partial charge in [-0.05, 0) is 56.1 Å². The summed E-state index contributed by atoms with van der Waals surface area (Å²) in [5, 5.41) is 8.91. The lowest BCUT2D eigenvalue weighted by atomic mass is 9.95. The largest absolute Gasteiger partial charge is 0.478 e. The minimum Gasteiger partial charge on any atom is -0.478 e. The van der Waals surface area contributed by atoms with Gasteiger partial charge in [-0.1, -0.05) is 6.07 Å². The van der Waals surface area contributed by atoms with Crippen LogP contribution in [0.2, 0.25) is 0 Å². The van der Waals surface area contributed by atoms with Crippen LogP contribution in [0.3, 0.4) is 0 Å². The van der Waals surface area contributed by atoms with Crippen LogP contribution < -0.4 is 0 Å². The van der Waals surface area contributed by atoms with E-state index in [0.717, 1.165) is 11.1 Å². The van der Waals surface area contributed by atoms with Crippen LogP contribution in [0, 0.1) is 12.8 Å². The number of benzene rings is 1. The Morgan fingerprint density at radius 3 is 2.43 bits per heavy atom. The van der Waals surface area contributed by atoms with Crippen molar-refractivity contribution in [1.29, 1.82) is 0 Å². The van der Waals surface area contributed by atoms with E-state index in [1.54, 1.807) is 12.1 Å². The fourth-order valence-corrected chi connectivity index (χ4v) is 2.67. The van der Waals surface area contributed by atoms with Crippen LogP contribution in [0.1, 0.15) is 34.3 Å². The predicted octanol–water partition coefficient (Wildman–Crippen LogP) is 3.47. The molecule has 0 atom stereocenters. The SMILES string of the molecule is Cc1cc(C(=O)O)ccc1CN1CCC(C(F)(F)F)CC1. The third-order valence-electron chi connectivity index (χ3n) is 4.03. The molecule has 1 saturated heterocycles. The van der Waals surface area contributed by atoms with Crippen LogP contribution in [0.4, 0.5) is 13.2 Å². The Labute approximate surface area is 121 Å². The molecule has 0 aromatic heterocycles. The van der Waals surface area contributed by atoms with Crippen molar-refractivity contribution in [1.82, 2.24) is 4.90 Å². The standard InChI is InChI=1S/C15H18F3NO2/c1-10-8-11(14(20)21)2-3-12(10)9-19-6-4-13(5-7-19)15(16,17)18/h2-3,8,13H,4-7,9H2,1H3,(H,20,21). The van der Waals surface area contributed by atoms with Crippen molar-refractivity contribution in [2.24, 2.45) is 5.92 Å². The van der Waals surface area contributed by atoms with Crippen LogP contribution in [0.25, 0.3) is 0 Å². The molecule has 1 aliphatic rings. The van der Waals surface area contributed by atoms with Gasteiger partial charge in [0, 0.05) is 6.54 Å². The lowest BCUT2D eigenvalue weighted by Crippen LogP contribution is -2.38. The highest BCUT2D eigenvalue weighted by molar-refractivity contribution is 5.87. The molecule has 2 rings (SSSR count). The number of carbonyl (C=O) groups is 1. The van der Waals surface area contributed by atoms with Gasteiger partial charge in [0.1, 0.15) is 0 Å². The molecule has 0 spiro atoms. The number of alkyl halides is 3.